The van der Waals surface area contributed by atoms with Crippen LogP contribution in [0.4, 0.5) is 26.2 Å². The van der Waals surface area contributed by atoms with E-state index in [0.29, 0.717) is 51.5 Å². The third kappa shape index (κ3) is 14.1. The lowest BCUT2D eigenvalue weighted by molar-refractivity contribution is 0.0981. The van der Waals surface area contributed by atoms with Gasteiger partial charge in [0, 0.05) is 77.0 Å². The molecule has 6 heterocycles. The number of aliphatic imine (C=N–C) groups is 1. The van der Waals surface area contributed by atoms with E-state index >= 15 is 0 Å². The van der Waals surface area contributed by atoms with Gasteiger partial charge in [0.1, 0.15) is 46.3 Å². The molecule has 0 spiro atoms. The summed E-state index contributed by atoms with van der Waals surface area (Å²) < 4.78 is 41.6. The van der Waals surface area contributed by atoms with E-state index in [-0.39, 0.29) is 46.8 Å². The predicted octanol–water partition coefficient (Wildman–Crippen LogP) is 11.9. The van der Waals surface area contributed by atoms with Crippen molar-refractivity contribution >= 4 is 34.9 Å². The van der Waals surface area contributed by atoms with E-state index < -0.39 is 34.2 Å². The van der Waals surface area contributed by atoms with Crippen molar-refractivity contribution in [2.75, 3.05) is 11.1 Å². The number of anilines is 2. The largest absolute Gasteiger partial charge is 0.456 e. The Labute approximate surface area is 463 Å². The van der Waals surface area contributed by atoms with Gasteiger partial charge in [0.25, 0.3) is 5.91 Å². The number of carbonyl (C=O) groups excluding carboxylic acids is 2. The van der Waals surface area contributed by atoms with Crippen molar-refractivity contribution in [1.82, 2.24) is 39.5 Å². The lowest BCUT2D eigenvalue weighted by Gasteiger charge is -2.14. The number of Topliss-reactive ketones (excluding diaryl/α,β-unsaturated/α-hetero) is 1. The Kier molecular flexibility index (Phi) is 17.1. The Morgan fingerprint density at radius 1 is 0.580 bits per heavy atom. The van der Waals surface area contributed by atoms with E-state index in [2.05, 4.69) is 35.5 Å². The van der Waals surface area contributed by atoms with E-state index in [9.17, 15) is 28.0 Å². The predicted molar refractivity (Wildman–Crippen MR) is 304 cm³/mol. The van der Waals surface area contributed by atoms with Gasteiger partial charge in [0.15, 0.2) is 23.0 Å². The van der Waals surface area contributed by atoms with Crippen LogP contribution in [0.2, 0.25) is 0 Å². The van der Waals surface area contributed by atoms with E-state index in [1.807, 2.05) is 88.4 Å². The van der Waals surface area contributed by atoms with E-state index in [1.165, 1.54) is 71.8 Å². The number of amides is 1. The van der Waals surface area contributed by atoms with Crippen LogP contribution < -0.4 is 31.4 Å². The van der Waals surface area contributed by atoms with Crippen LogP contribution in [0.25, 0.3) is 22.3 Å². The summed E-state index contributed by atoms with van der Waals surface area (Å²) in [5, 5.41) is 11.2. The van der Waals surface area contributed by atoms with Crippen LogP contribution in [-0.2, 0) is 6.42 Å². The maximum absolute atomic E-state index is 13.5. The number of benzene rings is 4. The van der Waals surface area contributed by atoms with Crippen LogP contribution in [-0.4, -0.2) is 56.9 Å². The highest BCUT2D eigenvalue weighted by Gasteiger charge is 2.22. The van der Waals surface area contributed by atoms with Gasteiger partial charge in [-0.3, -0.25) is 33.5 Å². The van der Waals surface area contributed by atoms with Gasteiger partial charge in [-0.25, -0.2) is 28.7 Å². The number of hydrogen-bond donors (Lipinski definition) is 2. The third-order valence-electron chi connectivity index (χ3n) is 12.1. The summed E-state index contributed by atoms with van der Waals surface area (Å²) in [4.78, 5) is 74.4. The van der Waals surface area contributed by atoms with Crippen LogP contribution in [0.5, 0.6) is 23.0 Å². The molecule has 6 aromatic heterocycles. The fourth-order valence-corrected chi connectivity index (χ4v) is 7.95. The highest BCUT2D eigenvalue weighted by atomic mass is 19.1. The average Bonchev–Trinajstić information content (AvgIpc) is 3.64. The molecule has 0 saturated carbocycles. The highest BCUT2D eigenvalue weighted by molar-refractivity contribution is 6.13. The smallest absolute Gasteiger partial charge is 0.281 e. The number of aromatic nitrogens is 8. The Morgan fingerprint density at radius 3 is 1.59 bits per heavy atom. The number of nitrogens with two attached hydrogens (primary N) is 1. The van der Waals surface area contributed by atoms with Crippen molar-refractivity contribution in [1.29, 1.82) is 0 Å². The molecule has 3 N–H and O–H groups in total. The van der Waals surface area contributed by atoms with Gasteiger partial charge >= 0.3 is 0 Å². The molecule has 0 fully saturated rings. The van der Waals surface area contributed by atoms with E-state index in [0.717, 1.165) is 16.8 Å². The topological polar surface area (TPSA) is 224 Å². The maximum Gasteiger partial charge on any atom is 0.281 e. The Bertz CT molecular complexity index is 3950. The molecule has 10 rings (SSSR count). The fraction of sp³-hybridized carbons (Fsp3) is 0.113. The first-order valence-corrected chi connectivity index (χ1v) is 25.4. The van der Waals surface area contributed by atoms with Crippen LogP contribution in [0, 0.1) is 11.6 Å². The number of nitrogens with zero attached hydrogens (tertiary/aromatic N) is 9. The second-order valence-corrected chi connectivity index (χ2v) is 18.7. The number of ketones is 1. The number of nitrogens with one attached hydrogen (secondary N) is 1. The Balaban J connectivity index is 0.000000206. The first-order valence-electron chi connectivity index (χ1n) is 25.4. The molecule has 0 aliphatic carbocycles. The summed E-state index contributed by atoms with van der Waals surface area (Å²) in [5.41, 5.74) is 8.69. The number of rotatable bonds is 16. The minimum absolute atomic E-state index is 0.0943. The molecule has 0 unspecified atom stereocenters. The molecule has 0 bridgehead atoms. The first kappa shape index (κ1) is 55.1. The van der Waals surface area contributed by atoms with E-state index in [4.69, 9.17) is 20.2 Å². The molecule has 19 heteroatoms. The quantitative estimate of drug-likeness (QED) is 0.0679. The normalized spacial score (nSPS) is 10.9. The van der Waals surface area contributed by atoms with Crippen molar-refractivity contribution in [3.05, 3.63) is 255 Å². The van der Waals surface area contributed by atoms with Gasteiger partial charge in [0.05, 0.1) is 24.5 Å². The summed E-state index contributed by atoms with van der Waals surface area (Å²) in [5.74, 6) is 0.829. The second kappa shape index (κ2) is 25.2. The summed E-state index contributed by atoms with van der Waals surface area (Å²) in [6.07, 6.45) is 9.09. The summed E-state index contributed by atoms with van der Waals surface area (Å²) in [6, 6.07) is 43.7. The molecule has 0 radical (unpaired) electrons. The number of nitrogen functional groups attached to an aromatic ring is 1. The van der Waals surface area contributed by atoms with Crippen molar-refractivity contribution in [2.24, 2.45) is 4.99 Å². The van der Waals surface area contributed by atoms with E-state index in [1.54, 1.807) is 71.8 Å². The van der Waals surface area contributed by atoms with Crippen molar-refractivity contribution in [3.63, 3.8) is 0 Å². The average molecular weight is 1080 g/mol. The Hall–Kier alpha value is -10.7. The monoisotopic (exact) mass is 1080 g/mol. The molecule has 4 aromatic carbocycles. The molecule has 81 heavy (non-hydrogen) atoms. The molecule has 0 aliphatic heterocycles. The van der Waals surface area contributed by atoms with Crippen LogP contribution in [0.15, 0.2) is 209 Å². The summed E-state index contributed by atoms with van der Waals surface area (Å²) in [7, 11) is 0. The fourth-order valence-electron chi connectivity index (χ4n) is 7.95. The number of ether oxygens (including phenoxy) is 2. The van der Waals surface area contributed by atoms with Gasteiger partial charge < -0.3 is 20.5 Å². The van der Waals surface area contributed by atoms with Crippen LogP contribution in [0.1, 0.15) is 77.6 Å². The molecular weight excluding hydrogens is 1030 g/mol. The molecule has 0 aliphatic rings. The zero-order chi connectivity index (χ0) is 57.0. The van der Waals surface area contributed by atoms with Gasteiger partial charge in [-0.1, -0.05) is 84.9 Å². The van der Waals surface area contributed by atoms with Crippen molar-refractivity contribution in [2.45, 2.75) is 46.2 Å². The minimum Gasteiger partial charge on any atom is -0.456 e. The SMILES string of the molecule is CC(C)n1cc(-c2ccc(F)cc2)c(=O)c(C(=O)Cc2ccc(Oc3ccnc(N)c3)cn2)n1.CC(C)n1cc(-c2ccc(F)cc2)c(=O)c(C(=O)Nc2ccc(Oc3ccnc(N=C(c4ccccc4)c4ccccc4)c3)cn2)n1. The number of pyridine rings is 4. The zero-order valence-corrected chi connectivity index (χ0v) is 44.1. The van der Waals surface area contributed by atoms with Gasteiger partial charge in [-0.2, -0.15) is 10.2 Å². The minimum atomic E-state index is -0.723. The zero-order valence-electron chi connectivity index (χ0n) is 44.1. The highest BCUT2D eigenvalue weighted by Crippen LogP contribution is 2.27. The molecule has 404 valence electrons. The second-order valence-electron chi connectivity index (χ2n) is 18.7. The first-order chi connectivity index (χ1) is 39.1. The van der Waals surface area contributed by atoms with Gasteiger partial charge in [-0.05, 0) is 99.5 Å². The van der Waals surface area contributed by atoms with Crippen molar-refractivity contribution < 1.29 is 27.8 Å². The molecule has 0 atom stereocenters. The lowest BCUT2D eigenvalue weighted by atomic mass is 10.0. The third-order valence-corrected chi connectivity index (χ3v) is 12.1. The number of hydrogen-bond acceptors (Lipinski definition) is 14. The van der Waals surface area contributed by atoms with Crippen LogP contribution >= 0.6 is 0 Å². The van der Waals surface area contributed by atoms with Gasteiger partial charge in [0.2, 0.25) is 10.9 Å². The van der Waals surface area contributed by atoms with Crippen molar-refractivity contribution in [3.8, 4) is 45.3 Å². The van der Waals surface area contributed by atoms with Crippen LogP contribution in [0.3, 0.4) is 0 Å². The molecule has 1 amide bonds. The maximum atomic E-state index is 13.5. The number of carbonyl (C=O) groups is 2. The molecule has 0 saturated heterocycles. The van der Waals surface area contributed by atoms with Gasteiger partial charge in [-0.15, -0.1) is 0 Å². The molecule has 17 nitrogen and oxygen atoms in total. The number of halogens is 2. The standard InChI is InChI=1S/C37H29FN6O3.C25H22FN5O3/c1-24(2)44-23-31(25-13-15-28(38)16-14-25)36(45)35(43-44)37(46)42-32-18-17-30(22-40-32)47-29-19-20-39-33(21-29)41-34(26-9-5-3-6-10-26)27-11-7-4-8-12-27;1-15(2)31-14-21(16-3-5-17(26)6-4-16)25(33)24(30-31)22(32)11-18-7-8-20(13-29-18)34-19-9-10-28-23(27)12-19/h3-24H,1-2H3,(H,40,42,46);3-10,12-15H,11H2,1-2H3,(H2,27,28). The molecular formula is C62H51F2N11O6. The molecule has 10 aromatic rings. The Morgan fingerprint density at radius 2 is 1.09 bits per heavy atom. The lowest BCUT2D eigenvalue weighted by Crippen LogP contribution is -2.28. The summed E-state index contributed by atoms with van der Waals surface area (Å²) in [6.45, 7) is 7.52. The summed E-state index contributed by atoms with van der Waals surface area (Å²) >= 11 is 0.